The minimum atomic E-state index is -1.16. The van der Waals surface area contributed by atoms with Gasteiger partial charge in [-0.2, -0.15) is 0 Å². The van der Waals surface area contributed by atoms with E-state index in [1.165, 1.54) is 18.2 Å². The van der Waals surface area contributed by atoms with Gasteiger partial charge in [0.05, 0.1) is 4.47 Å². The van der Waals surface area contributed by atoms with Gasteiger partial charge in [-0.05, 0) is 33.6 Å². The van der Waals surface area contributed by atoms with Gasteiger partial charge in [-0.15, -0.1) is 0 Å². The first-order valence-corrected chi connectivity index (χ1v) is 4.27. The Kier molecular flexibility index (Phi) is 3.05. The zero-order valence-corrected chi connectivity index (χ0v) is 7.88. The molecule has 0 aliphatic heterocycles. The normalized spacial score (nSPS) is 12.9. The first kappa shape index (κ1) is 9.48. The third kappa shape index (κ3) is 1.95. The van der Waals surface area contributed by atoms with Crippen molar-refractivity contribution in [2.75, 3.05) is 6.54 Å². The summed E-state index contributed by atoms with van der Waals surface area (Å²) in [5.41, 5.74) is 5.61. The van der Waals surface area contributed by atoms with Crippen LogP contribution in [-0.2, 0) is 0 Å². The van der Waals surface area contributed by atoms with Gasteiger partial charge in [0.1, 0.15) is 11.9 Å². The van der Waals surface area contributed by atoms with Crippen molar-refractivity contribution in [3.8, 4) is 5.75 Å². The molecule has 0 aromatic heterocycles. The Morgan fingerprint density at radius 2 is 2.25 bits per heavy atom. The minimum Gasteiger partial charge on any atom is -0.507 e. The molecule has 1 atom stereocenters. The zero-order valence-electron chi connectivity index (χ0n) is 6.30. The lowest BCUT2D eigenvalue weighted by atomic mass is 10.1. The summed E-state index contributed by atoms with van der Waals surface area (Å²) >= 11 is 3.09. The standard InChI is InChI=1S/C8H9BrFNO/c9-6-3-5(7(10)4-11)1-2-8(6)12/h1-3,7,12H,4,11H2. The van der Waals surface area contributed by atoms with Gasteiger partial charge in [0.2, 0.25) is 0 Å². The number of benzene rings is 1. The second kappa shape index (κ2) is 3.87. The number of aromatic hydroxyl groups is 1. The maximum atomic E-state index is 12.9. The molecule has 0 fully saturated rings. The Morgan fingerprint density at radius 1 is 1.58 bits per heavy atom. The van der Waals surface area contributed by atoms with Crippen molar-refractivity contribution in [3.63, 3.8) is 0 Å². The molecule has 0 amide bonds. The number of phenolic OH excluding ortho intramolecular Hbond substituents is 1. The number of hydrogen-bond acceptors (Lipinski definition) is 2. The molecule has 1 unspecified atom stereocenters. The molecule has 2 nitrogen and oxygen atoms in total. The quantitative estimate of drug-likeness (QED) is 0.823. The van der Waals surface area contributed by atoms with Gasteiger partial charge in [0.15, 0.2) is 0 Å². The monoisotopic (exact) mass is 233 g/mol. The predicted octanol–water partition coefficient (Wildman–Crippen LogP) is 2.12. The maximum absolute atomic E-state index is 12.9. The van der Waals surface area contributed by atoms with E-state index in [9.17, 15) is 4.39 Å². The second-order valence-corrected chi connectivity index (χ2v) is 3.27. The molecule has 0 saturated heterocycles. The van der Waals surface area contributed by atoms with E-state index in [1.807, 2.05) is 0 Å². The molecule has 4 heteroatoms. The molecule has 1 aromatic rings. The van der Waals surface area contributed by atoms with Crippen molar-refractivity contribution in [1.29, 1.82) is 0 Å². The highest BCUT2D eigenvalue weighted by Gasteiger charge is 2.08. The largest absolute Gasteiger partial charge is 0.507 e. The van der Waals surface area contributed by atoms with Gasteiger partial charge >= 0.3 is 0 Å². The number of alkyl halides is 1. The van der Waals surface area contributed by atoms with Crippen molar-refractivity contribution >= 4 is 15.9 Å². The summed E-state index contributed by atoms with van der Waals surface area (Å²) in [6.07, 6.45) is -1.16. The van der Waals surface area contributed by atoms with Gasteiger partial charge < -0.3 is 10.8 Å². The lowest BCUT2D eigenvalue weighted by molar-refractivity contribution is 0.352. The highest BCUT2D eigenvalue weighted by Crippen LogP contribution is 2.27. The lowest BCUT2D eigenvalue weighted by Gasteiger charge is -2.06. The number of nitrogens with two attached hydrogens (primary N) is 1. The zero-order chi connectivity index (χ0) is 9.14. The van der Waals surface area contributed by atoms with E-state index in [0.717, 1.165) is 0 Å². The van der Waals surface area contributed by atoms with Crippen LogP contribution in [-0.4, -0.2) is 11.7 Å². The van der Waals surface area contributed by atoms with Crippen LogP contribution in [0.1, 0.15) is 11.7 Å². The van der Waals surface area contributed by atoms with Crippen molar-refractivity contribution < 1.29 is 9.50 Å². The van der Waals surface area contributed by atoms with Crippen LogP contribution in [0, 0.1) is 0 Å². The van der Waals surface area contributed by atoms with Gasteiger partial charge in [0, 0.05) is 6.54 Å². The first-order chi connectivity index (χ1) is 5.65. The van der Waals surface area contributed by atoms with Crippen LogP contribution in [0.25, 0.3) is 0 Å². The van der Waals surface area contributed by atoms with Crippen molar-refractivity contribution in [3.05, 3.63) is 28.2 Å². The van der Waals surface area contributed by atoms with E-state index in [1.54, 1.807) is 0 Å². The smallest absolute Gasteiger partial charge is 0.137 e. The average molecular weight is 234 g/mol. The minimum absolute atomic E-state index is 0.0444. The summed E-state index contributed by atoms with van der Waals surface area (Å²) in [5.74, 6) is 0.1000. The van der Waals surface area contributed by atoms with E-state index in [0.29, 0.717) is 10.0 Å². The van der Waals surface area contributed by atoms with E-state index in [2.05, 4.69) is 15.9 Å². The number of rotatable bonds is 2. The summed E-state index contributed by atoms with van der Waals surface area (Å²) in [5, 5.41) is 9.10. The summed E-state index contributed by atoms with van der Waals surface area (Å²) < 4.78 is 13.4. The van der Waals surface area contributed by atoms with E-state index < -0.39 is 6.17 Å². The Labute approximate surface area is 78.3 Å². The van der Waals surface area contributed by atoms with Crippen LogP contribution in [0.3, 0.4) is 0 Å². The van der Waals surface area contributed by atoms with Crippen molar-refractivity contribution in [1.82, 2.24) is 0 Å². The van der Waals surface area contributed by atoms with Gasteiger partial charge in [-0.3, -0.25) is 0 Å². The molecule has 66 valence electrons. The molecular weight excluding hydrogens is 225 g/mol. The molecular formula is C8H9BrFNO. The second-order valence-electron chi connectivity index (χ2n) is 2.41. The summed E-state index contributed by atoms with van der Waals surface area (Å²) in [6, 6.07) is 4.46. The molecule has 0 spiro atoms. The third-order valence-electron chi connectivity index (χ3n) is 1.54. The number of phenols is 1. The van der Waals surface area contributed by atoms with Crippen LogP contribution in [0.15, 0.2) is 22.7 Å². The molecule has 1 aromatic carbocycles. The highest BCUT2D eigenvalue weighted by atomic mass is 79.9. The fraction of sp³-hybridized carbons (Fsp3) is 0.250. The fourth-order valence-corrected chi connectivity index (χ4v) is 1.25. The van der Waals surface area contributed by atoms with E-state index in [-0.39, 0.29) is 12.3 Å². The Hall–Kier alpha value is -0.610. The molecule has 1 rings (SSSR count). The molecule has 0 aliphatic carbocycles. The van der Waals surface area contributed by atoms with E-state index >= 15 is 0 Å². The molecule has 0 bridgehead atoms. The average Bonchev–Trinajstić information content (AvgIpc) is 2.08. The molecule has 12 heavy (non-hydrogen) atoms. The van der Waals surface area contributed by atoms with Crippen LogP contribution in [0.5, 0.6) is 5.75 Å². The molecule has 0 radical (unpaired) electrons. The first-order valence-electron chi connectivity index (χ1n) is 3.47. The number of halogens is 2. The lowest BCUT2D eigenvalue weighted by Crippen LogP contribution is -2.07. The summed E-state index contributed by atoms with van der Waals surface area (Å²) in [6.45, 7) is -0.0444. The topological polar surface area (TPSA) is 46.2 Å². The van der Waals surface area contributed by atoms with Crippen LogP contribution < -0.4 is 5.73 Å². The Balaban J connectivity index is 2.96. The highest BCUT2D eigenvalue weighted by molar-refractivity contribution is 9.10. The fourth-order valence-electron chi connectivity index (χ4n) is 0.854. The summed E-state index contributed by atoms with van der Waals surface area (Å²) in [7, 11) is 0. The van der Waals surface area contributed by atoms with Crippen LogP contribution >= 0.6 is 15.9 Å². The molecule has 0 saturated carbocycles. The SMILES string of the molecule is NCC(F)c1ccc(O)c(Br)c1. The maximum Gasteiger partial charge on any atom is 0.137 e. The van der Waals surface area contributed by atoms with Crippen LogP contribution in [0.4, 0.5) is 4.39 Å². The van der Waals surface area contributed by atoms with Crippen LogP contribution in [0.2, 0.25) is 0 Å². The van der Waals surface area contributed by atoms with Gasteiger partial charge in [-0.25, -0.2) is 4.39 Å². The number of hydrogen-bond donors (Lipinski definition) is 2. The predicted molar refractivity (Wildman–Crippen MR) is 48.7 cm³/mol. The molecule has 0 aliphatic rings. The van der Waals surface area contributed by atoms with Crippen molar-refractivity contribution in [2.45, 2.75) is 6.17 Å². The van der Waals surface area contributed by atoms with E-state index in [4.69, 9.17) is 10.8 Å². The summed E-state index contributed by atoms with van der Waals surface area (Å²) in [4.78, 5) is 0. The van der Waals surface area contributed by atoms with Gasteiger partial charge in [0.25, 0.3) is 0 Å². The van der Waals surface area contributed by atoms with Gasteiger partial charge in [-0.1, -0.05) is 6.07 Å². The Morgan fingerprint density at radius 3 is 2.75 bits per heavy atom. The molecule has 3 N–H and O–H groups in total. The Bertz CT molecular complexity index is 280. The molecule has 0 heterocycles. The van der Waals surface area contributed by atoms with Crippen molar-refractivity contribution in [2.24, 2.45) is 5.73 Å². The third-order valence-corrected chi connectivity index (χ3v) is 2.18.